The highest BCUT2D eigenvalue weighted by molar-refractivity contribution is 5.94. The molecule has 0 spiro atoms. The van der Waals surface area contributed by atoms with E-state index in [-0.39, 0.29) is 5.69 Å². The summed E-state index contributed by atoms with van der Waals surface area (Å²) in [7, 11) is 0. The molecule has 1 aromatic heterocycles. The van der Waals surface area contributed by atoms with E-state index in [1.807, 2.05) is 13.8 Å². The third-order valence-electron chi connectivity index (χ3n) is 2.81. The first-order valence-electron chi connectivity index (χ1n) is 7.13. The topological polar surface area (TPSA) is 97.5 Å². The van der Waals surface area contributed by atoms with Crippen LogP contribution in [0.15, 0.2) is 21.9 Å². The number of nitrogens with one attached hydrogen (secondary N) is 1. The summed E-state index contributed by atoms with van der Waals surface area (Å²) in [6.07, 6.45) is 4.38. The van der Waals surface area contributed by atoms with Crippen LogP contribution in [0.25, 0.3) is 11.0 Å². The first-order valence-corrected chi connectivity index (χ1v) is 7.13. The lowest BCUT2D eigenvalue weighted by molar-refractivity contribution is -0.107. The summed E-state index contributed by atoms with van der Waals surface area (Å²) in [6.45, 7) is 4.76. The predicted molar refractivity (Wildman–Crippen MR) is 81.6 cm³/mol. The zero-order valence-corrected chi connectivity index (χ0v) is 12.3. The zero-order chi connectivity index (χ0) is 15.5. The SMILES string of the molecule is CC.O=CCCCCCNc1ccc(N=O)c2nonc12. The van der Waals surface area contributed by atoms with Crippen molar-refractivity contribution in [1.82, 2.24) is 10.3 Å². The Balaban J connectivity index is 0.00000106. The van der Waals surface area contributed by atoms with Crippen molar-refractivity contribution >= 4 is 28.7 Å². The molecule has 0 aliphatic rings. The van der Waals surface area contributed by atoms with Crippen molar-refractivity contribution in [2.24, 2.45) is 5.18 Å². The van der Waals surface area contributed by atoms with Gasteiger partial charge < -0.3 is 10.1 Å². The minimum Gasteiger partial charge on any atom is -0.383 e. The van der Waals surface area contributed by atoms with Gasteiger partial charge in [-0.05, 0) is 40.5 Å². The van der Waals surface area contributed by atoms with E-state index < -0.39 is 0 Å². The van der Waals surface area contributed by atoms with Crippen molar-refractivity contribution < 1.29 is 9.42 Å². The van der Waals surface area contributed by atoms with Gasteiger partial charge in [-0.3, -0.25) is 0 Å². The molecule has 0 radical (unpaired) electrons. The molecule has 1 aromatic carbocycles. The molecule has 7 nitrogen and oxygen atoms in total. The van der Waals surface area contributed by atoms with Crippen LogP contribution in [0.5, 0.6) is 0 Å². The first-order chi connectivity index (χ1) is 10.4. The molecule has 2 rings (SSSR count). The molecule has 0 amide bonds. The lowest BCUT2D eigenvalue weighted by Crippen LogP contribution is -2.02. The minimum atomic E-state index is 0.216. The van der Waals surface area contributed by atoms with Gasteiger partial charge in [0.05, 0.1) is 5.69 Å². The Morgan fingerprint density at radius 1 is 1.19 bits per heavy atom. The van der Waals surface area contributed by atoms with Crippen molar-refractivity contribution in [2.75, 3.05) is 11.9 Å². The van der Waals surface area contributed by atoms with E-state index in [0.29, 0.717) is 17.5 Å². The molecule has 0 fully saturated rings. The van der Waals surface area contributed by atoms with Crippen molar-refractivity contribution in [1.29, 1.82) is 0 Å². The van der Waals surface area contributed by atoms with E-state index in [4.69, 9.17) is 0 Å². The van der Waals surface area contributed by atoms with Gasteiger partial charge in [0, 0.05) is 13.0 Å². The second-order valence-electron chi connectivity index (χ2n) is 4.13. The summed E-state index contributed by atoms with van der Waals surface area (Å²) in [4.78, 5) is 20.7. The van der Waals surface area contributed by atoms with Crippen LogP contribution in [-0.4, -0.2) is 23.1 Å². The molecule has 0 bridgehead atoms. The predicted octanol–water partition coefficient (Wildman–Crippen LogP) is 3.82. The number of hydrogen-bond acceptors (Lipinski definition) is 7. The molecule has 1 N–H and O–H groups in total. The van der Waals surface area contributed by atoms with Gasteiger partial charge in [-0.25, -0.2) is 4.63 Å². The van der Waals surface area contributed by atoms with E-state index in [1.165, 1.54) is 0 Å². The fraction of sp³-hybridized carbons (Fsp3) is 0.500. The van der Waals surface area contributed by atoms with Crippen LogP contribution in [0, 0.1) is 4.91 Å². The summed E-state index contributed by atoms with van der Waals surface area (Å²) in [5.41, 5.74) is 1.85. The third kappa shape index (κ3) is 4.62. The van der Waals surface area contributed by atoms with Crippen molar-refractivity contribution in [3.8, 4) is 0 Å². The zero-order valence-electron chi connectivity index (χ0n) is 12.3. The molecular formula is C14H20N4O3. The van der Waals surface area contributed by atoms with Crippen LogP contribution >= 0.6 is 0 Å². The molecule has 0 unspecified atom stereocenters. The van der Waals surface area contributed by atoms with E-state index in [9.17, 15) is 9.70 Å². The molecule has 21 heavy (non-hydrogen) atoms. The van der Waals surface area contributed by atoms with Crippen LogP contribution in [0.2, 0.25) is 0 Å². The van der Waals surface area contributed by atoms with Crippen LogP contribution < -0.4 is 5.32 Å². The number of fused-ring (bicyclic) bond motifs is 1. The number of rotatable bonds is 8. The maximum Gasteiger partial charge on any atom is 0.166 e. The number of aromatic nitrogens is 2. The lowest BCUT2D eigenvalue weighted by atomic mass is 10.2. The summed E-state index contributed by atoms with van der Waals surface area (Å²) in [5, 5.41) is 13.5. The normalized spacial score (nSPS) is 9.81. The van der Waals surface area contributed by atoms with Gasteiger partial charge in [0.15, 0.2) is 11.0 Å². The maximum absolute atomic E-state index is 10.6. The largest absolute Gasteiger partial charge is 0.383 e. The number of nitrogens with zero attached hydrogens (tertiary/aromatic N) is 3. The minimum absolute atomic E-state index is 0.216. The molecule has 2 aromatic rings. The van der Waals surface area contributed by atoms with Crippen LogP contribution in [0.3, 0.4) is 0 Å². The van der Waals surface area contributed by atoms with Crippen LogP contribution in [0.1, 0.15) is 39.5 Å². The van der Waals surface area contributed by atoms with Gasteiger partial charge in [0.25, 0.3) is 0 Å². The molecule has 1 heterocycles. The standard InChI is InChI=1S/C12H14N4O3.C2H6/c17-8-4-2-1-3-7-13-9-5-6-10(14-18)12-11(9)15-19-16-12;1-2/h5-6,8,13H,1-4,7H2;1-2H3. The number of carbonyl (C=O) groups excluding carboxylic acids is 1. The summed E-state index contributed by atoms with van der Waals surface area (Å²) < 4.78 is 4.63. The Morgan fingerprint density at radius 2 is 1.95 bits per heavy atom. The Hall–Kier alpha value is -2.31. The quantitative estimate of drug-likeness (QED) is 0.451. The monoisotopic (exact) mass is 292 g/mol. The van der Waals surface area contributed by atoms with Crippen molar-refractivity contribution in [2.45, 2.75) is 39.5 Å². The molecule has 0 aliphatic heterocycles. The molecule has 0 saturated heterocycles. The fourth-order valence-corrected chi connectivity index (χ4v) is 1.82. The summed E-state index contributed by atoms with van der Waals surface area (Å²) >= 11 is 0. The Labute approximate surface area is 123 Å². The average molecular weight is 292 g/mol. The molecule has 0 aliphatic carbocycles. The second kappa shape index (κ2) is 9.57. The van der Waals surface area contributed by atoms with E-state index in [2.05, 4.69) is 25.4 Å². The highest BCUT2D eigenvalue weighted by Gasteiger charge is 2.11. The van der Waals surface area contributed by atoms with Crippen molar-refractivity contribution in [3.05, 3.63) is 17.0 Å². The highest BCUT2D eigenvalue weighted by atomic mass is 16.6. The number of anilines is 1. The third-order valence-corrected chi connectivity index (χ3v) is 2.81. The van der Waals surface area contributed by atoms with Gasteiger partial charge in [-0.15, -0.1) is 4.91 Å². The molecule has 114 valence electrons. The number of hydrogen-bond donors (Lipinski definition) is 1. The second-order valence-corrected chi connectivity index (χ2v) is 4.13. The fourth-order valence-electron chi connectivity index (χ4n) is 1.82. The number of aldehydes is 1. The summed E-state index contributed by atoms with van der Waals surface area (Å²) in [6, 6.07) is 3.31. The van der Waals surface area contributed by atoms with Gasteiger partial charge in [-0.2, -0.15) is 0 Å². The van der Waals surface area contributed by atoms with Gasteiger partial charge in [0.2, 0.25) is 0 Å². The smallest absolute Gasteiger partial charge is 0.166 e. The molecular weight excluding hydrogens is 272 g/mol. The Kier molecular flexibility index (Phi) is 7.63. The van der Waals surface area contributed by atoms with E-state index in [0.717, 1.165) is 37.8 Å². The maximum atomic E-state index is 10.6. The number of benzene rings is 1. The number of unbranched alkanes of at least 4 members (excludes halogenated alkanes) is 3. The first kappa shape index (κ1) is 16.7. The number of nitroso groups, excluding NO2 is 1. The summed E-state index contributed by atoms with van der Waals surface area (Å²) in [5.74, 6) is 0. The van der Waals surface area contributed by atoms with Crippen LogP contribution in [0.4, 0.5) is 11.4 Å². The average Bonchev–Trinajstić information content (AvgIpc) is 3.02. The van der Waals surface area contributed by atoms with Gasteiger partial charge >= 0.3 is 0 Å². The molecule has 0 saturated carbocycles. The van der Waals surface area contributed by atoms with Crippen molar-refractivity contribution in [3.63, 3.8) is 0 Å². The van der Waals surface area contributed by atoms with E-state index >= 15 is 0 Å². The molecule has 7 heteroatoms. The van der Waals surface area contributed by atoms with E-state index in [1.54, 1.807) is 12.1 Å². The van der Waals surface area contributed by atoms with Gasteiger partial charge in [0.1, 0.15) is 12.0 Å². The Morgan fingerprint density at radius 3 is 2.67 bits per heavy atom. The Bertz CT molecular complexity index is 568. The highest BCUT2D eigenvalue weighted by Crippen LogP contribution is 2.28. The van der Waals surface area contributed by atoms with Gasteiger partial charge in [-0.1, -0.05) is 20.3 Å². The van der Waals surface area contributed by atoms with Crippen LogP contribution in [-0.2, 0) is 4.79 Å². The number of carbonyl (C=O) groups is 1. The molecule has 0 atom stereocenters. The lowest BCUT2D eigenvalue weighted by Gasteiger charge is -2.05.